The number of benzene rings is 2. The molecule has 1 N–H and O–H groups in total. The molecule has 0 amide bonds. The number of rotatable bonds is 8. The molecule has 2 aromatic rings. The molecule has 0 heterocycles. The number of sulfone groups is 1. The normalized spacial score (nSPS) is 11.6. The Morgan fingerprint density at radius 1 is 1.07 bits per heavy atom. The minimum atomic E-state index is -3.14. The molecule has 0 spiro atoms. The first-order valence-electron chi connectivity index (χ1n) is 8.80. The van der Waals surface area contributed by atoms with Gasteiger partial charge in [-0.15, -0.1) is 24.0 Å². The summed E-state index contributed by atoms with van der Waals surface area (Å²) in [7, 11) is 0.415. The first-order chi connectivity index (χ1) is 12.9. The average Bonchev–Trinajstić information content (AvgIpc) is 2.64. The summed E-state index contributed by atoms with van der Waals surface area (Å²) in [6.45, 7) is 1.08. The van der Waals surface area contributed by atoms with Crippen LogP contribution in [-0.4, -0.2) is 45.7 Å². The number of halogens is 2. The van der Waals surface area contributed by atoms with E-state index in [0.29, 0.717) is 25.5 Å². The Labute approximate surface area is 184 Å². The second-order valence-corrected chi connectivity index (χ2v) is 8.57. The quantitative estimate of drug-likeness (QED) is 0.251. The van der Waals surface area contributed by atoms with Crippen LogP contribution in [0, 0.1) is 5.82 Å². The molecular weight excluding hydrogens is 492 g/mol. The van der Waals surface area contributed by atoms with Crippen molar-refractivity contribution < 1.29 is 12.8 Å². The zero-order valence-electron chi connectivity index (χ0n) is 16.1. The smallest absolute Gasteiger partial charge is 0.193 e. The van der Waals surface area contributed by atoms with Crippen LogP contribution in [0.4, 0.5) is 4.39 Å². The van der Waals surface area contributed by atoms with E-state index in [2.05, 4.69) is 10.3 Å². The summed E-state index contributed by atoms with van der Waals surface area (Å²) in [5.41, 5.74) is 1.77. The van der Waals surface area contributed by atoms with Crippen molar-refractivity contribution in [2.45, 2.75) is 18.7 Å². The Bertz CT molecular complexity index is 844. The van der Waals surface area contributed by atoms with E-state index in [4.69, 9.17) is 0 Å². The van der Waals surface area contributed by atoms with Crippen LogP contribution >= 0.6 is 24.0 Å². The molecule has 0 saturated heterocycles. The maximum atomic E-state index is 13.0. The van der Waals surface area contributed by atoms with Crippen LogP contribution in [-0.2, 0) is 22.1 Å². The highest BCUT2D eigenvalue weighted by Crippen LogP contribution is 2.08. The van der Waals surface area contributed by atoms with Gasteiger partial charge in [-0.3, -0.25) is 4.99 Å². The third-order valence-corrected chi connectivity index (χ3v) is 5.73. The van der Waals surface area contributed by atoms with Crippen LogP contribution in [0.3, 0.4) is 0 Å². The second-order valence-electron chi connectivity index (χ2n) is 6.39. The van der Waals surface area contributed by atoms with Crippen LogP contribution in [0.1, 0.15) is 17.5 Å². The van der Waals surface area contributed by atoms with Crippen molar-refractivity contribution in [3.8, 4) is 0 Å². The van der Waals surface area contributed by atoms with Gasteiger partial charge in [-0.25, -0.2) is 12.8 Å². The number of hydrogen-bond acceptors (Lipinski definition) is 3. The number of nitrogens with one attached hydrogen (secondary N) is 1. The molecule has 0 aliphatic heterocycles. The van der Waals surface area contributed by atoms with E-state index in [1.807, 2.05) is 42.3 Å². The highest BCUT2D eigenvalue weighted by Gasteiger charge is 2.12. The lowest BCUT2D eigenvalue weighted by atomic mass is 10.2. The van der Waals surface area contributed by atoms with Crippen molar-refractivity contribution in [2.75, 3.05) is 26.4 Å². The summed E-state index contributed by atoms with van der Waals surface area (Å²) >= 11 is 0. The van der Waals surface area contributed by atoms with Gasteiger partial charge in [-0.1, -0.05) is 42.5 Å². The van der Waals surface area contributed by atoms with Gasteiger partial charge in [0.25, 0.3) is 0 Å². The predicted molar refractivity (Wildman–Crippen MR) is 123 cm³/mol. The van der Waals surface area contributed by atoms with Crippen LogP contribution in [0.5, 0.6) is 0 Å². The van der Waals surface area contributed by atoms with E-state index in [0.717, 1.165) is 11.1 Å². The molecular formula is C20H27FIN3O2S. The Hall–Kier alpha value is -1.68. The fraction of sp³-hybridized carbons (Fsp3) is 0.350. The molecule has 0 atom stereocenters. The SMILES string of the molecule is CN=C(NCCCS(=O)(=O)Cc1ccccc1)N(C)Cc1ccc(F)cc1.I. The van der Waals surface area contributed by atoms with Crippen molar-refractivity contribution in [1.82, 2.24) is 10.2 Å². The van der Waals surface area contributed by atoms with E-state index in [1.165, 1.54) is 12.1 Å². The van der Waals surface area contributed by atoms with Crippen LogP contribution < -0.4 is 5.32 Å². The van der Waals surface area contributed by atoms with Crippen molar-refractivity contribution in [1.29, 1.82) is 0 Å². The third kappa shape index (κ3) is 8.55. The second kappa shape index (κ2) is 12.0. The van der Waals surface area contributed by atoms with E-state index in [9.17, 15) is 12.8 Å². The molecule has 8 heteroatoms. The molecule has 5 nitrogen and oxygen atoms in total. The van der Waals surface area contributed by atoms with E-state index in [-0.39, 0.29) is 41.3 Å². The summed E-state index contributed by atoms with van der Waals surface area (Å²) < 4.78 is 37.4. The van der Waals surface area contributed by atoms with Crippen molar-refractivity contribution >= 4 is 39.8 Å². The molecule has 0 aliphatic rings. The highest BCUT2D eigenvalue weighted by atomic mass is 127. The average molecular weight is 519 g/mol. The summed E-state index contributed by atoms with van der Waals surface area (Å²) in [4.78, 5) is 6.12. The number of guanidine groups is 1. The Balaban J connectivity index is 0.00000392. The molecule has 2 rings (SSSR count). The third-order valence-electron chi connectivity index (χ3n) is 4.05. The van der Waals surface area contributed by atoms with Gasteiger partial charge in [0.1, 0.15) is 5.82 Å². The molecule has 28 heavy (non-hydrogen) atoms. The van der Waals surface area contributed by atoms with Gasteiger partial charge < -0.3 is 10.2 Å². The van der Waals surface area contributed by atoms with Gasteiger partial charge in [0.05, 0.1) is 11.5 Å². The van der Waals surface area contributed by atoms with Gasteiger partial charge >= 0.3 is 0 Å². The summed E-state index contributed by atoms with van der Waals surface area (Å²) in [6, 6.07) is 15.5. The molecule has 0 fully saturated rings. The van der Waals surface area contributed by atoms with Crippen molar-refractivity contribution in [3.05, 3.63) is 71.5 Å². The summed E-state index contributed by atoms with van der Waals surface area (Å²) in [6.07, 6.45) is 0.499. The lowest BCUT2D eigenvalue weighted by molar-refractivity contribution is 0.476. The molecule has 2 aromatic carbocycles. The Morgan fingerprint density at radius 2 is 1.71 bits per heavy atom. The topological polar surface area (TPSA) is 61.8 Å². The molecule has 0 radical (unpaired) electrons. The Morgan fingerprint density at radius 3 is 2.32 bits per heavy atom. The van der Waals surface area contributed by atoms with E-state index >= 15 is 0 Å². The number of aliphatic imine (C=N–C) groups is 1. The fourth-order valence-corrected chi connectivity index (χ4v) is 4.14. The molecule has 0 bridgehead atoms. The van der Waals surface area contributed by atoms with Gasteiger partial charge in [0, 0.05) is 27.2 Å². The van der Waals surface area contributed by atoms with Gasteiger partial charge in [-0.05, 0) is 29.7 Å². The van der Waals surface area contributed by atoms with Crippen LogP contribution in [0.25, 0.3) is 0 Å². The maximum absolute atomic E-state index is 13.0. The van der Waals surface area contributed by atoms with Gasteiger partial charge in [0.2, 0.25) is 0 Å². The summed E-state index contributed by atoms with van der Waals surface area (Å²) in [5.74, 6) is 0.584. The number of nitrogens with zero attached hydrogens (tertiary/aromatic N) is 2. The number of hydrogen-bond donors (Lipinski definition) is 1. The van der Waals surface area contributed by atoms with Crippen LogP contribution in [0.2, 0.25) is 0 Å². The first kappa shape index (κ1) is 24.4. The molecule has 0 aromatic heterocycles. The lowest BCUT2D eigenvalue weighted by Gasteiger charge is -2.22. The van der Waals surface area contributed by atoms with Crippen molar-refractivity contribution in [2.24, 2.45) is 4.99 Å². The lowest BCUT2D eigenvalue weighted by Crippen LogP contribution is -2.39. The van der Waals surface area contributed by atoms with E-state index in [1.54, 1.807) is 19.2 Å². The zero-order valence-corrected chi connectivity index (χ0v) is 19.3. The zero-order chi connectivity index (χ0) is 19.7. The van der Waals surface area contributed by atoms with Crippen molar-refractivity contribution in [3.63, 3.8) is 0 Å². The Kier molecular flexibility index (Phi) is 10.4. The monoisotopic (exact) mass is 519 g/mol. The largest absolute Gasteiger partial charge is 0.356 e. The standard InChI is InChI=1S/C20H26FN3O2S.HI/c1-22-20(24(2)15-17-9-11-19(21)12-10-17)23-13-6-14-27(25,26)16-18-7-4-3-5-8-18;/h3-5,7-12H,6,13-16H2,1-2H3,(H,22,23);1H. The highest BCUT2D eigenvalue weighted by molar-refractivity contribution is 14.0. The molecule has 0 aliphatic carbocycles. The van der Waals surface area contributed by atoms with E-state index < -0.39 is 9.84 Å². The van der Waals surface area contributed by atoms with Gasteiger partial charge in [0.15, 0.2) is 15.8 Å². The minimum absolute atomic E-state index is 0. The van der Waals surface area contributed by atoms with Gasteiger partial charge in [-0.2, -0.15) is 0 Å². The molecule has 0 saturated carbocycles. The first-order valence-corrected chi connectivity index (χ1v) is 10.6. The summed E-state index contributed by atoms with van der Waals surface area (Å²) in [5, 5.41) is 3.17. The molecule has 154 valence electrons. The molecule has 0 unspecified atom stereocenters. The van der Waals surface area contributed by atoms with Crippen LogP contribution in [0.15, 0.2) is 59.6 Å². The maximum Gasteiger partial charge on any atom is 0.193 e. The predicted octanol–water partition coefficient (Wildman–Crippen LogP) is 3.46. The fourth-order valence-electron chi connectivity index (χ4n) is 2.72. The minimum Gasteiger partial charge on any atom is -0.356 e.